The number of likely N-dealkylation sites (N-methyl/N-ethyl adjacent to an activating group) is 1. The average molecular weight is 173 g/mol. The summed E-state index contributed by atoms with van der Waals surface area (Å²) in [6.45, 7) is 10.7. The van der Waals surface area contributed by atoms with Crippen LogP contribution in [0.25, 0.3) is 0 Å². The summed E-state index contributed by atoms with van der Waals surface area (Å²) in [5.41, 5.74) is 5.36. The van der Waals surface area contributed by atoms with Crippen LogP contribution in [0, 0.1) is 0 Å². The number of nitrogens with two attached hydrogens (primary N) is 1. The van der Waals surface area contributed by atoms with Crippen molar-refractivity contribution in [1.29, 1.82) is 0 Å². The zero-order valence-electron chi connectivity index (χ0n) is 8.47. The summed E-state index contributed by atoms with van der Waals surface area (Å²) in [6.07, 6.45) is 1.24. The summed E-state index contributed by atoms with van der Waals surface area (Å²) >= 11 is 0. The SMILES string of the molecule is CCCN(CC)CCNCCN. The van der Waals surface area contributed by atoms with Crippen molar-refractivity contribution in [3.05, 3.63) is 0 Å². The van der Waals surface area contributed by atoms with Gasteiger partial charge in [0.25, 0.3) is 0 Å². The third kappa shape index (κ3) is 6.58. The minimum Gasteiger partial charge on any atom is -0.329 e. The Hall–Kier alpha value is -0.120. The normalized spacial score (nSPS) is 11.0. The lowest BCUT2D eigenvalue weighted by Gasteiger charge is -2.19. The molecule has 0 aliphatic heterocycles. The van der Waals surface area contributed by atoms with Crippen LogP contribution in [0.15, 0.2) is 0 Å². The van der Waals surface area contributed by atoms with Crippen molar-refractivity contribution >= 4 is 0 Å². The summed E-state index contributed by atoms with van der Waals surface area (Å²) in [5, 5.41) is 3.29. The summed E-state index contributed by atoms with van der Waals surface area (Å²) in [5.74, 6) is 0. The minimum atomic E-state index is 0.736. The van der Waals surface area contributed by atoms with E-state index in [-0.39, 0.29) is 0 Å². The molecular weight excluding hydrogens is 150 g/mol. The van der Waals surface area contributed by atoms with E-state index in [1.807, 2.05) is 0 Å². The van der Waals surface area contributed by atoms with Crippen molar-refractivity contribution in [2.24, 2.45) is 5.73 Å². The van der Waals surface area contributed by atoms with E-state index in [1.165, 1.54) is 13.0 Å². The molecule has 0 aliphatic rings. The summed E-state index contributed by atoms with van der Waals surface area (Å²) in [6, 6.07) is 0. The standard InChI is InChI=1S/C9H23N3/c1-3-8-12(4-2)9-7-11-6-5-10/h11H,3-10H2,1-2H3. The van der Waals surface area contributed by atoms with E-state index in [0.717, 1.165) is 32.7 Å². The van der Waals surface area contributed by atoms with E-state index < -0.39 is 0 Å². The molecule has 0 amide bonds. The maximum atomic E-state index is 5.36. The van der Waals surface area contributed by atoms with Crippen molar-refractivity contribution in [1.82, 2.24) is 10.2 Å². The van der Waals surface area contributed by atoms with Crippen molar-refractivity contribution in [3.63, 3.8) is 0 Å². The fraction of sp³-hybridized carbons (Fsp3) is 1.00. The fourth-order valence-electron chi connectivity index (χ4n) is 1.21. The summed E-state index contributed by atoms with van der Waals surface area (Å²) in [7, 11) is 0. The van der Waals surface area contributed by atoms with Crippen LogP contribution in [0.3, 0.4) is 0 Å². The maximum absolute atomic E-state index is 5.36. The number of hydrogen-bond acceptors (Lipinski definition) is 3. The molecule has 0 aromatic heterocycles. The Morgan fingerprint density at radius 1 is 1.17 bits per heavy atom. The Bertz CT molecular complexity index is 85.8. The van der Waals surface area contributed by atoms with Gasteiger partial charge >= 0.3 is 0 Å². The van der Waals surface area contributed by atoms with Crippen LogP contribution in [0.4, 0.5) is 0 Å². The van der Waals surface area contributed by atoms with Gasteiger partial charge in [0.15, 0.2) is 0 Å². The first-order valence-electron chi connectivity index (χ1n) is 4.98. The first-order valence-corrected chi connectivity index (χ1v) is 4.98. The maximum Gasteiger partial charge on any atom is 0.0107 e. The molecule has 0 saturated carbocycles. The fourth-order valence-corrected chi connectivity index (χ4v) is 1.21. The van der Waals surface area contributed by atoms with Gasteiger partial charge in [-0.15, -0.1) is 0 Å². The van der Waals surface area contributed by atoms with Gasteiger partial charge in [-0.25, -0.2) is 0 Å². The van der Waals surface area contributed by atoms with Crippen molar-refractivity contribution in [2.75, 3.05) is 39.3 Å². The molecule has 0 aromatic carbocycles. The molecule has 3 N–H and O–H groups in total. The Kier molecular flexibility index (Phi) is 8.88. The lowest BCUT2D eigenvalue weighted by atomic mass is 10.4. The first-order chi connectivity index (χ1) is 5.85. The summed E-state index contributed by atoms with van der Waals surface area (Å²) in [4.78, 5) is 2.45. The predicted molar refractivity (Wildman–Crippen MR) is 54.3 cm³/mol. The molecule has 12 heavy (non-hydrogen) atoms. The van der Waals surface area contributed by atoms with E-state index in [0.29, 0.717) is 0 Å². The third-order valence-electron chi connectivity index (χ3n) is 1.91. The van der Waals surface area contributed by atoms with E-state index in [9.17, 15) is 0 Å². The van der Waals surface area contributed by atoms with Crippen LogP contribution in [-0.2, 0) is 0 Å². The number of rotatable bonds is 8. The van der Waals surface area contributed by atoms with Crippen LogP contribution in [0.5, 0.6) is 0 Å². The molecule has 0 heterocycles. The zero-order valence-corrected chi connectivity index (χ0v) is 8.47. The van der Waals surface area contributed by atoms with Gasteiger partial charge in [0, 0.05) is 26.2 Å². The van der Waals surface area contributed by atoms with Crippen LogP contribution in [0.2, 0.25) is 0 Å². The molecule has 0 aromatic rings. The van der Waals surface area contributed by atoms with E-state index in [4.69, 9.17) is 5.73 Å². The van der Waals surface area contributed by atoms with Gasteiger partial charge in [0.2, 0.25) is 0 Å². The van der Waals surface area contributed by atoms with Gasteiger partial charge in [0.05, 0.1) is 0 Å². The van der Waals surface area contributed by atoms with Crippen LogP contribution >= 0.6 is 0 Å². The first kappa shape index (κ1) is 11.9. The molecule has 74 valence electrons. The second-order valence-corrected chi connectivity index (χ2v) is 2.97. The molecule has 0 aliphatic carbocycles. The van der Waals surface area contributed by atoms with Gasteiger partial charge in [-0.05, 0) is 19.5 Å². The lowest BCUT2D eigenvalue weighted by molar-refractivity contribution is 0.288. The van der Waals surface area contributed by atoms with Gasteiger partial charge < -0.3 is 16.0 Å². The van der Waals surface area contributed by atoms with Gasteiger partial charge in [0.1, 0.15) is 0 Å². The highest BCUT2D eigenvalue weighted by atomic mass is 15.1. The molecule has 0 radical (unpaired) electrons. The van der Waals surface area contributed by atoms with E-state index in [1.54, 1.807) is 0 Å². The van der Waals surface area contributed by atoms with Gasteiger partial charge in [-0.3, -0.25) is 0 Å². The number of nitrogens with one attached hydrogen (secondary N) is 1. The third-order valence-corrected chi connectivity index (χ3v) is 1.91. The molecule has 0 rings (SSSR count). The molecule has 0 atom stereocenters. The molecule has 3 heteroatoms. The van der Waals surface area contributed by atoms with Crippen molar-refractivity contribution < 1.29 is 0 Å². The number of hydrogen-bond donors (Lipinski definition) is 2. The average Bonchev–Trinajstić information content (AvgIpc) is 2.10. The second kappa shape index (κ2) is 8.97. The van der Waals surface area contributed by atoms with Crippen LogP contribution < -0.4 is 11.1 Å². The largest absolute Gasteiger partial charge is 0.329 e. The van der Waals surface area contributed by atoms with Crippen LogP contribution in [0.1, 0.15) is 20.3 Å². The quantitative estimate of drug-likeness (QED) is 0.518. The Balaban J connectivity index is 3.19. The van der Waals surface area contributed by atoms with Gasteiger partial charge in [-0.2, -0.15) is 0 Å². The lowest BCUT2D eigenvalue weighted by Crippen LogP contribution is -2.34. The highest BCUT2D eigenvalue weighted by Crippen LogP contribution is 1.88. The molecule has 0 fully saturated rings. The highest BCUT2D eigenvalue weighted by molar-refractivity contribution is 4.56. The Morgan fingerprint density at radius 3 is 2.42 bits per heavy atom. The predicted octanol–water partition coefficient (Wildman–Crippen LogP) is 0.267. The highest BCUT2D eigenvalue weighted by Gasteiger charge is 1.98. The monoisotopic (exact) mass is 173 g/mol. The number of nitrogens with zero attached hydrogens (tertiary/aromatic N) is 1. The van der Waals surface area contributed by atoms with E-state index in [2.05, 4.69) is 24.1 Å². The topological polar surface area (TPSA) is 41.3 Å². The second-order valence-electron chi connectivity index (χ2n) is 2.97. The van der Waals surface area contributed by atoms with Crippen molar-refractivity contribution in [3.8, 4) is 0 Å². The summed E-state index contributed by atoms with van der Waals surface area (Å²) < 4.78 is 0. The molecule has 0 unspecified atom stereocenters. The van der Waals surface area contributed by atoms with E-state index >= 15 is 0 Å². The van der Waals surface area contributed by atoms with Crippen molar-refractivity contribution in [2.45, 2.75) is 20.3 Å². The Labute approximate surface area is 76.3 Å². The molecule has 0 bridgehead atoms. The molecule has 3 nitrogen and oxygen atoms in total. The zero-order chi connectivity index (χ0) is 9.23. The molecule has 0 saturated heterocycles. The molecular formula is C9H23N3. The van der Waals surface area contributed by atoms with Crippen LogP contribution in [-0.4, -0.2) is 44.2 Å². The molecule has 0 spiro atoms. The Morgan fingerprint density at radius 2 is 1.92 bits per heavy atom. The minimum absolute atomic E-state index is 0.736. The smallest absolute Gasteiger partial charge is 0.0107 e. The van der Waals surface area contributed by atoms with Gasteiger partial charge in [-0.1, -0.05) is 13.8 Å².